The fraction of sp³-hybridized carbons (Fsp3) is 0.231. The number of halogens is 6. The molecule has 0 saturated carbocycles. The van der Waals surface area contributed by atoms with Crippen LogP contribution < -0.4 is 16.8 Å². The molecule has 27 heavy (non-hydrogen) atoms. The Morgan fingerprint density at radius 3 is 2.30 bits per heavy atom. The second-order valence-electron chi connectivity index (χ2n) is 5.27. The van der Waals surface area contributed by atoms with Crippen molar-refractivity contribution in [2.45, 2.75) is 18.1 Å². The molecular weight excluding hydrogens is 400 g/mol. The van der Waals surface area contributed by atoms with Crippen LogP contribution in [0.25, 0.3) is 0 Å². The van der Waals surface area contributed by atoms with Crippen LogP contribution >= 0.6 is 11.3 Å². The summed E-state index contributed by atoms with van der Waals surface area (Å²) in [6, 6.07) is 1.77. The molecule has 7 nitrogen and oxygen atoms in total. The Hall–Kier alpha value is -2.74. The molecule has 0 spiro atoms. The van der Waals surface area contributed by atoms with Gasteiger partial charge in [-0.25, -0.2) is 15.0 Å². The zero-order valence-electron chi connectivity index (χ0n) is 12.9. The first-order valence-corrected chi connectivity index (χ1v) is 7.84. The van der Waals surface area contributed by atoms with Crippen molar-refractivity contribution >= 4 is 23.1 Å². The molecular formula is C13H9F6N7S. The maximum absolute atomic E-state index is 12.9. The molecule has 2 aromatic rings. The van der Waals surface area contributed by atoms with Crippen LogP contribution in [0.15, 0.2) is 33.7 Å². The van der Waals surface area contributed by atoms with Crippen molar-refractivity contribution in [2.24, 2.45) is 21.5 Å². The number of aromatic nitrogens is 2. The molecule has 3 rings (SSSR count). The third kappa shape index (κ3) is 3.85. The average Bonchev–Trinajstić information content (AvgIpc) is 3.04. The van der Waals surface area contributed by atoms with E-state index in [0.717, 1.165) is 17.6 Å². The summed E-state index contributed by atoms with van der Waals surface area (Å²) >= 11 is 0.605. The van der Waals surface area contributed by atoms with Crippen LogP contribution in [0.2, 0.25) is 0 Å². The van der Waals surface area contributed by atoms with Crippen molar-refractivity contribution in [1.82, 2.24) is 15.3 Å². The van der Waals surface area contributed by atoms with Crippen LogP contribution in [0.5, 0.6) is 0 Å². The zero-order valence-corrected chi connectivity index (χ0v) is 13.7. The van der Waals surface area contributed by atoms with Crippen molar-refractivity contribution in [2.75, 3.05) is 0 Å². The van der Waals surface area contributed by atoms with Crippen LogP contribution in [0.1, 0.15) is 22.0 Å². The lowest BCUT2D eigenvalue weighted by Gasteiger charge is -2.27. The summed E-state index contributed by atoms with van der Waals surface area (Å²) in [5, 5.41) is 2.96. The third-order valence-electron chi connectivity index (χ3n) is 3.29. The van der Waals surface area contributed by atoms with Gasteiger partial charge in [0.25, 0.3) is 0 Å². The molecule has 0 amide bonds. The summed E-state index contributed by atoms with van der Waals surface area (Å²) in [5.74, 6) is -2.70. The van der Waals surface area contributed by atoms with Gasteiger partial charge in [0, 0.05) is 17.1 Å². The number of thiazole rings is 1. The molecule has 0 aliphatic carbocycles. The number of alkyl halides is 6. The van der Waals surface area contributed by atoms with Crippen LogP contribution in [-0.4, -0.2) is 21.8 Å². The molecule has 3 heterocycles. The number of pyridine rings is 1. The highest BCUT2D eigenvalue weighted by Gasteiger charge is 2.38. The van der Waals surface area contributed by atoms with Gasteiger partial charge in [-0.15, -0.1) is 11.3 Å². The van der Waals surface area contributed by atoms with Gasteiger partial charge >= 0.3 is 12.4 Å². The van der Waals surface area contributed by atoms with Crippen molar-refractivity contribution in [1.29, 1.82) is 0 Å². The van der Waals surface area contributed by atoms with Crippen molar-refractivity contribution in [3.8, 4) is 0 Å². The lowest BCUT2D eigenvalue weighted by molar-refractivity contribution is -0.141. The molecule has 2 aromatic heterocycles. The first kappa shape index (κ1) is 19.0. The van der Waals surface area contributed by atoms with Gasteiger partial charge in [0.1, 0.15) is 5.69 Å². The minimum atomic E-state index is -4.74. The van der Waals surface area contributed by atoms with Gasteiger partial charge in [0.05, 0.1) is 0 Å². The van der Waals surface area contributed by atoms with Gasteiger partial charge in [-0.1, -0.05) is 0 Å². The van der Waals surface area contributed by atoms with E-state index in [2.05, 4.69) is 25.3 Å². The zero-order chi connectivity index (χ0) is 20.0. The smallest absolute Gasteiger partial charge is 0.370 e. The van der Waals surface area contributed by atoms with Gasteiger partial charge in [0.15, 0.2) is 22.5 Å². The number of nitrogens with one attached hydrogen (secondary N) is 1. The van der Waals surface area contributed by atoms with Crippen LogP contribution in [0.3, 0.4) is 0 Å². The van der Waals surface area contributed by atoms with E-state index >= 15 is 0 Å². The Morgan fingerprint density at radius 1 is 1.04 bits per heavy atom. The predicted molar refractivity (Wildman–Crippen MR) is 83.5 cm³/mol. The first-order chi connectivity index (χ1) is 12.4. The largest absolute Gasteiger partial charge is 0.434 e. The number of hydrogen-bond acceptors (Lipinski definition) is 8. The first-order valence-electron chi connectivity index (χ1n) is 6.96. The minimum Gasteiger partial charge on any atom is -0.370 e. The highest BCUT2D eigenvalue weighted by Crippen LogP contribution is 2.33. The number of guanidine groups is 1. The van der Waals surface area contributed by atoms with E-state index in [4.69, 9.17) is 11.5 Å². The lowest BCUT2D eigenvalue weighted by atomic mass is 10.1. The van der Waals surface area contributed by atoms with Crippen molar-refractivity contribution in [3.63, 3.8) is 0 Å². The third-order valence-corrected chi connectivity index (χ3v) is 4.14. The highest BCUT2D eigenvalue weighted by atomic mass is 32.1. The number of aliphatic imine (C=N–C) groups is 2. The fourth-order valence-corrected chi connectivity index (χ4v) is 2.88. The summed E-state index contributed by atoms with van der Waals surface area (Å²) in [7, 11) is 0. The SMILES string of the molecule is NC1=NC(N)(c2ccnc(C(F)(F)F)c2)N=C(c2nc(C(F)(F)F)cs2)N1. The molecule has 1 unspecified atom stereocenters. The maximum atomic E-state index is 12.9. The average molecular weight is 409 g/mol. The summed E-state index contributed by atoms with van der Waals surface area (Å²) in [6.07, 6.45) is -8.55. The number of nitrogens with zero attached hydrogens (tertiary/aromatic N) is 4. The number of amidine groups is 1. The molecule has 0 fully saturated rings. The summed E-state index contributed by atoms with van der Waals surface area (Å²) in [4.78, 5) is 14.3. The normalized spacial score (nSPS) is 20.7. The lowest BCUT2D eigenvalue weighted by Crippen LogP contribution is -2.48. The summed E-state index contributed by atoms with van der Waals surface area (Å²) in [6.45, 7) is 0. The van der Waals surface area contributed by atoms with E-state index < -0.39 is 29.5 Å². The van der Waals surface area contributed by atoms with E-state index in [-0.39, 0.29) is 22.4 Å². The molecule has 0 aromatic carbocycles. The Labute approximate surface area is 150 Å². The molecule has 0 saturated heterocycles. The van der Waals surface area contributed by atoms with Gasteiger partial charge in [0.2, 0.25) is 5.79 Å². The van der Waals surface area contributed by atoms with E-state index in [1.54, 1.807) is 0 Å². The standard InChI is InChI=1S/C13H9F6N7S/c14-11(15,16)6-3-5(1-2-22-6)13(21)25-8(24-10(20)26-13)9-23-7(4-27-9)12(17,18)19/h1-4H,21H2,(H3,20,24,25,26). The molecule has 5 N–H and O–H groups in total. The fourth-order valence-electron chi connectivity index (χ4n) is 2.11. The van der Waals surface area contributed by atoms with Crippen LogP contribution in [0.4, 0.5) is 26.3 Å². The molecule has 0 radical (unpaired) electrons. The van der Waals surface area contributed by atoms with Crippen molar-refractivity contribution in [3.05, 3.63) is 45.7 Å². The molecule has 1 aliphatic heterocycles. The Balaban J connectivity index is 2.04. The molecule has 1 atom stereocenters. The van der Waals surface area contributed by atoms with Gasteiger partial charge in [-0.2, -0.15) is 26.3 Å². The van der Waals surface area contributed by atoms with Gasteiger partial charge < -0.3 is 11.1 Å². The molecule has 14 heteroatoms. The predicted octanol–water partition coefficient (Wildman–Crippen LogP) is 2.01. The van der Waals surface area contributed by atoms with Crippen molar-refractivity contribution < 1.29 is 26.3 Å². The summed E-state index contributed by atoms with van der Waals surface area (Å²) in [5.41, 5.74) is 8.96. The quantitative estimate of drug-likeness (QED) is 0.657. The monoisotopic (exact) mass is 409 g/mol. The second-order valence-corrected chi connectivity index (χ2v) is 6.13. The minimum absolute atomic E-state index is 0.208. The molecule has 1 aliphatic rings. The van der Waals surface area contributed by atoms with E-state index in [0.29, 0.717) is 17.4 Å². The Morgan fingerprint density at radius 2 is 1.70 bits per heavy atom. The molecule has 0 bridgehead atoms. The van der Waals surface area contributed by atoms with Crippen LogP contribution in [0, 0.1) is 0 Å². The maximum Gasteiger partial charge on any atom is 0.434 e. The molecule has 144 valence electrons. The number of rotatable bonds is 2. The topological polar surface area (TPSA) is 115 Å². The highest BCUT2D eigenvalue weighted by molar-refractivity contribution is 7.11. The van der Waals surface area contributed by atoms with E-state index in [9.17, 15) is 26.3 Å². The van der Waals surface area contributed by atoms with Crippen LogP contribution in [-0.2, 0) is 18.1 Å². The number of hydrogen-bond donors (Lipinski definition) is 3. The second kappa shape index (κ2) is 6.16. The Kier molecular flexibility index (Phi) is 4.34. The summed E-state index contributed by atoms with van der Waals surface area (Å²) < 4.78 is 76.7. The van der Waals surface area contributed by atoms with E-state index in [1.165, 1.54) is 0 Å². The van der Waals surface area contributed by atoms with Gasteiger partial charge in [-0.3, -0.25) is 10.7 Å². The number of nitrogens with two attached hydrogens (primary N) is 2. The van der Waals surface area contributed by atoms with Gasteiger partial charge in [-0.05, 0) is 12.1 Å². The van der Waals surface area contributed by atoms with E-state index in [1.807, 2.05) is 0 Å². The Bertz CT molecular complexity index is 932.